The van der Waals surface area contributed by atoms with Crippen LogP contribution in [-0.4, -0.2) is 30.0 Å². The summed E-state index contributed by atoms with van der Waals surface area (Å²) in [5, 5.41) is 13.2. The molecule has 102 valence electrons. The van der Waals surface area contributed by atoms with Gasteiger partial charge in [0, 0.05) is 13.0 Å². The first-order valence-electron chi connectivity index (χ1n) is 6.41. The van der Waals surface area contributed by atoms with Crippen LogP contribution in [0.15, 0.2) is 0 Å². The average Bonchev–Trinajstić information content (AvgIpc) is 2.23. The van der Waals surface area contributed by atoms with Gasteiger partial charge in [-0.3, -0.25) is 0 Å². The Morgan fingerprint density at radius 2 is 1.71 bits per heavy atom. The number of hydrogen-bond acceptors (Lipinski definition) is 2. The molecule has 17 heavy (non-hydrogen) atoms. The maximum atomic E-state index is 11.9. The first-order chi connectivity index (χ1) is 7.91. The number of hydrogen-bond donors (Lipinski definition) is 2. The van der Waals surface area contributed by atoms with Crippen molar-refractivity contribution in [3.05, 3.63) is 0 Å². The van der Waals surface area contributed by atoms with Crippen molar-refractivity contribution >= 4 is 0 Å². The van der Waals surface area contributed by atoms with E-state index >= 15 is 0 Å². The predicted octanol–water partition coefficient (Wildman–Crippen LogP) is 3.00. The van der Waals surface area contributed by atoms with Crippen LogP contribution in [0, 0.1) is 0 Å². The van der Waals surface area contributed by atoms with E-state index < -0.39 is 18.2 Å². The van der Waals surface area contributed by atoms with Crippen molar-refractivity contribution in [2.75, 3.05) is 13.1 Å². The maximum Gasteiger partial charge on any atom is 0.389 e. The minimum Gasteiger partial charge on any atom is -0.389 e. The second-order valence-electron chi connectivity index (χ2n) is 5.03. The third-order valence-electron chi connectivity index (χ3n) is 3.30. The van der Waals surface area contributed by atoms with Gasteiger partial charge in [-0.15, -0.1) is 0 Å². The summed E-state index contributed by atoms with van der Waals surface area (Å²) in [6.07, 6.45) is 0.808. The van der Waals surface area contributed by atoms with E-state index in [1.54, 1.807) is 0 Å². The molecule has 0 aromatic rings. The summed E-state index contributed by atoms with van der Waals surface area (Å²) in [7, 11) is 0. The molecule has 0 radical (unpaired) electrons. The van der Waals surface area contributed by atoms with Crippen LogP contribution in [0.3, 0.4) is 0 Å². The fourth-order valence-electron chi connectivity index (χ4n) is 2.28. The van der Waals surface area contributed by atoms with E-state index in [4.69, 9.17) is 0 Å². The van der Waals surface area contributed by atoms with Crippen LogP contribution in [0.4, 0.5) is 13.2 Å². The summed E-state index contributed by atoms with van der Waals surface area (Å²) in [6.45, 7) is 1.07. The summed E-state index contributed by atoms with van der Waals surface area (Å²) in [5.74, 6) is 0. The molecule has 1 aliphatic carbocycles. The summed E-state index contributed by atoms with van der Waals surface area (Å²) in [5.41, 5.74) is -0.623. The number of unbranched alkanes of at least 4 members (excludes halogenated alkanes) is 1. The van der Waals surface area contributed by atoms with Crippen molar-refractivity contribution in [3.63, 3.8) is 0 Å². The zero-order valence-corrected chi connectivity index (χ0v) is 10.2. The lowest BCUT2D eigenvalue weighted by molar-refractivity contribution is -0.135. The molecule has 2 nitrogen and oxygen atoms in total. The minimum atomic E-state index is -4.04. The summed E-state index contributed by atoms with van der Waals surface area (Å²) < 4.78 is 35.6. The maximum absolute atomic E-state index is 11.9. The number of nitrogens with one attached hydrogen (secondary N) is 1. The predicted molar refractivity (Wildman–Crippen MR) is 60.8 cm³/mol. The molecule has 0 aromatic heterocycles. The molecular formula is C12H22F3NO. The molecule has 0 atom stereocenters. The molecule has 1 rings (SSSR count). The van der Waals surface area contributed by atoms with Gasteiger partial charge in [0.05, 0.1) is 5.60 Å². The Morgan fingerprint density at radius 3 is 2.29 bits per heavy atom. The summed E-state index contributed by atoms with van der Waals surface area (Å²) >= 11 is 0. The third-order valence-corrected chi connectivity index (χ3v) is 3.30. The number of halogens is 3. The second-order valence-corrected chi connectivity index (χ2v) is 5.03. The SMILES string of the molecule is OC1(CNCCCCC(F)(F)F)CCCCC1. The van der Waals surface area contributed by atoms with Gasteiger partial charge >= 0.3 is 6.18 Å². The molecule has 1 fully saturated rings. The molecule has 0 spiro atoms. The molecule has 1 saturated carbocycles. The van der Waals surface area contributed by atoms with E-state index in [1.165, 1.54) is 6.42 Å². The van der Waals surface area contributed by atoms with Crippen LogP contribution in [0.1, 0.15) is 51.4 Å². The number of aliphatic hydroxyl groups is 1. The van der Waals surface area contributed by atoms with Crippen molar-refractivity contribution in [1.29, 1.82) is 0 Å². The van der Waals surface area contributed by atoms with Gasteiger partial charge in [-0.2, -0.15) is 13.2 Å². The van der Waals surface area contributed by atoms with Gasteiger partial charge in [0.25, 0.3) is 0 Å². The molecule has 1 aliphatic rings. The van der Waals surface area contributed by atoms with E-state index in [0.717, 1.165) is 25.7 Å². The molecule has 0 heterocycles. The highest BCUT2D eigenvalue weighted by molar-refractivity contribution is 4.84. The Balaban J connectivity index is 2.00. The van der Waals surface area contributed by atoms with Crippen LogP contribution in [0.5, 0.6) is 0 Å². The molecule has 2 N–H and O–H groups in total. The Bertz CT molecular complexity index is 212. The lowest BCUT2D eigenvalue weighted by Gasteiger charge is -2.32. The van der Waals surface area contributed by atoms with E-state index in [9.17, 15) is 18.3 Å². The summed E-state index contributed by atoms with van der Waals surface area (Å²) in [4.78, 5) is 0. The van der Waals surface area contributed by atoms with Crippen molar-refractivity contribution in [2.24, 2.45) is 0 Å². The smallest absolute Gasteiger partial charge is 0.389 e. The average molecular weight is 253 g/mol. The van der Waals surface area contributed by atoms with Gasteiger partial charge in [0.15, 0.2) is 0 Å². The Kier molecular flexibility index (Phi) is 5.73. The van der Waals surface area contributed by atoms with Crippen LogP contribution in [-0.2, 0) is 0 Å². The van der Waals surface area contributed by atoms with Crippen LogP contribution < -0.4 is 5.32 Å². The Hall–Kier alpha value is -0.290. The number of alkyl halides is 3. The second kappa shape index (κ2) is 6.59. The first-order valence-corrected chi connectivity index (χ1v) is 6.41. The van der Waals surface area contributed by atoms with E-state index in [2.05, 4.69) is 5.32 Å². The lowest BCUT2D eigenvalue weighted by atomic mass is 9.85. The van der Waals surface area contributed by atoms with Crippen molar-refractivity contribution < 1.29 is 18.3 Å². The quantitative estimate of drug-likeness (QED) is 0.713. The highest BCUT2D eigenvalue weighted by Crippen LogP contribution is 2.27. The first kappa shape index (κ1) is 14.8. The number of rotatable bonds is 6. The fraction of sp³-hybridized carbons (Fsp3) is 1.00. The fourth-order valence-corrected chi connectivity index (χ4v) is 2.28. The van der Waals surface area contributed by atoms with Crippen LogP contribution in [0.25, 0.3) is 0 Å². The molecule has 0 aromatic carbocycles. The van der Waals surface area contributed by atoms with Gasteiger partial charge in [0.1, 0.15) is 0 Å². The molecule has 0 bridgehead atoms. The van der Waals surface area contributed by atoms with Gasteiger partial charge < -0.3 is 10.4 Å². The Labute approximate surface area is 101 Å². The van der Waals surface area contributed by atoms with Crippen molar-refractivity contribution in [2.45, 2.75) is 63.1 Å². The van der Waals surface area contributed by atoms with Crippen molar-refractivity contribution in [1.82, 2.24) is 5.32 Å². The Morgan fingerprint density at radius 1 is 1.06 bits per heavy atom. The highest BCUT2D eigenvalue weighted by Gasteiger charge is 2.28. The topological polar surface area (TPSA) is 32.3 Å². The van der Waals surface area contributed by atoms with Gasteiger partial charge in [-0.1, -0.05) is 19.3 Å². The molecular weight excluding hydrogens is 231 g/mol. The van der Waals surface area contributed by atoms with Gasteiger partial charge in [-0.25, -0.2) is 0 Å². The lowest BCUT2D eigenvalue weighted by Crippen LogP contribution is -2.42. The van der Waals surface area contributed by atoms with E-state index in [0.29, 0.717) is 19.5 Å². The highest BCUT2D eigenvalue weighted by atomic mass is 19.4. The summed E-state index contributed by atoms with van der Waals surface area (Å²) in [6, 6.07) is 0. The minimum absolute atomic E-state index is 0.162. The molecule has 0 unspecified atom stereocenters. The van der Waals surface area contributed by atoms with E-state index in [-0.39, 0.29) is 6.42 Å². The standard InChI is InChI=1S/C12H22F3NO/c13-12(14,15)8-4-5-9-16-10-11(17)6-2-1-3-7-11/h16-17H,1-10H2. The van der Waals surface area contributed by atoms with Crippen LogP contribution >= 0.6 is 0 Å². The monoisotopic (exact) mass is 253 g/mol. The zero-order chi connectivity index (χ0) is 12.8. The molecule has 0 aliphatic heterocycles. The molecule has 0 amide bonds. The van der Waals surface area contributed by atoms with Gasteiger partial charge in [-0.05, 0) is 32.2 Å². The van der Waals surface area contributed by atoms with Crippen LogP contribution in [0.2, 0.25) is 0 Å². The third kappa shape index (κ3) is 6.88. The van der Waals surface area contributed by atoms with Crippen molar-refractivity contribution in [3.8, 4) is 0 Å². The van der Waals surface area contributed by atoms with Gasteiger partial charge in [0.2, 0.25) is 0 Å². The molecule has 5 heteroatoms. The molecule has 0 saturated heterocycles. The largest absolute Gasteiger partial charge is 0.389 e. The normalized spacial score (nSPS) is 20.5. The zero-order valence-electron chi connectivity index (χ0n) is 10.2. The van der Waals surface area contributed by atoms with E-state index in [1.807, 2.05) is 0 Å².